The van der Waals surface area contributed by atoms with Crippen molar-refractivity contribution >= 4 is 23.3 Å². The molecule has 136 valence electrons. The number of hydrogen-bond donors (Lipinski definition) is 3. The molecular formula is C17H11F2N5O3. The highest BCUT2D eigenvalue weighted by Crippen LogP contribution is 2.28. The predicted molar refractivity (Wildman–Crippen MR) is 90.4 cm³/mol. The third-order valence-corrected chi connectivity index (χ3v) is 3.51. The van der Waals surface area contributed by atoms with Crippen molar-refractivity contribution in [3.63, 3.8) is 0 Å². The lowest BCUT2D eigenvalue weighted by Gasteiger charge is -2.11. The van der Waals surface area contributed by atoms with Gasteiger partial charge in [-0.3, -0.25) is 4.79 Å². The summed E-state index contributed by atoms with van der Waals surface area (Å²) in [6.07, 6.45) is 1.21. The summed E-state index contributed by atoms with van der Waals surface area (Å²) in [7, 11) is 0. The average molecular weight is 371 g/mol. The van der Waals surface area contributed by atoms with Crippen LogP contribution in [0.2, 0.25) is 0 Å². The molecule has 0 aliphatic heterocycles. The van der Waals surface area contributed by atoms with E-state index in [-0.39, 0.29) is 22.8 Å². The molecule has 27 heavy (non-hydrogen) atoms. The van der Waals surface area contributed by atoms with Crippen LogP contribution < -0.4 is 11.1 Å². The Bertz CT molecular complexity index is 1020. The van der Waals surface area contributed by atoms with Crippen molar-refractivity contribution in [2.45, 2.75) is 0 Å². The van der Waals surface area contributed by atoms with Crippen molar-refractivity contribution in [1.82, 2.24) is 15.2 Å². The molecule has 4 N–H and O–H groups in total. The van der Waals surface area contributed by atoms with Crippen molar-refractivity contribution in [2.75, 3.05) is 5.32 Å². The fourth-order valence-corrected chi connectivity index (χ4v) is 2.28. The molecule has 0 atom stereocenters. The topological polar surface area (TPSA) is 131 Å². The lowest BCUT2D eigenvalue weighted by atomic mass is 10.1. The lowest BCUT2D eigenvalue weighted by Crippen LogP contribution is -2.17. The number of rotatable bonds is 5. The van der Waals surface area contributed by atoms with Crippen LogP contribution >= 0.6 is 0 Å². The molecule has 2 heterocycles. The van der Waals surface area contributed by atoms with E-state index in [1.165, 1.54) is 30.5 Å². The van der Waals surface area contributed by atoms with E-state index in [1.807, 2.05) is 0 Å². The molecule has 3 rings (SSSR count). The maximum Gasteiger partial charge on any atom is 0.354 e. The number of aromatic carboxylic acids is 1. The number of anilines is 2. The Kier molecular flexibility index (Phi) is 4.71. The van der Waals surface area contributed by atoms with Gasteiger partial charge in [-0.1, -0.05) is 6.07 Å². The molecule has 0 aliphatic carbocycles. The SMILES string of the molecule is NC(=O)c1nnc(-c2c(F)cccc2F)cc1Nc1ccc(C(=O)O)nc1. The van der Waals surface area contributed by atoms with Crippen LogP contribution in [0.15, 0.2) is 42.6 Å². The summed E-state index contributed by atoms with van der Waals surface area (Å²) in [4.78, 5) is 26.1. The van der Waals surface area contributed by atoms with Crippen LogP contribution in [0.3, 0.4) is 0 Å². The molecule has 0 saturated carbocycles. The molecule has 10 heteroatoms. The number of hydrogen-bond acceptors (Lipinski definition) is 6. The third-order valence-electron chi connectivity index (χ3n) is 3.51. The predicted octanol–water partition coefficient (Wildman–Crippen LogP) is 2.36. The van der Waals surface area contributed by atoms with Crippen LogP contribution in [0.5, 0.6) is 0 Å². The van der Waals surface area contributed by atoms with Gasteiger partial charge < -0.3 is 16.2 Å². The van der Waals surface area contributed by atoms with Gasteiger partial charge in [-0.05, 0) is 30.3 Å². The van der Waals surface area contributed by atoms with Crippen LogP contribution in [-0.2, 0) is 0 Å². The van der Waals surface area contributed by atoms with Gasteiger partial charge in [-0.25, -0.2) is 18.6 Å². The lowest BCUT2D eigenvalue weighted by molar-refractivity contribution is 0.0690. The van der Waals surface area contributed by atoms with E-state index in [9.17, 15) is 18.4 Å². The average Bonchev–Trinajstić information content (AvgIpc) is 2.62. The van der Waals surface area contributed by atoms with Crippen LogP contribution in [0.4, 0.5) is 20.2 Å². The van der Waals surface area contributed by atoms with Crippen LogP contribution in [-0.4, -0.2) is 32.2 Å². The Morgan fingerprint density at radius 1 is 1.07 bits per heavy atom. The first kappa shape index (κ1) is 17.9. The largest absolute Gasteiger partial charge is 0.477 e. The first-order valence-corrected chi connectivity index (χ1v) is 7.45. The number of primary amides is 1. The first-order chi connectivity index (χ1) is 12.9. The standard InChI is InChI=1S/C17H11F2N5O3/c18-9-2-1-3-10(19)14(9)12-6-13(15(16(20)25)24-23-12)22-8-4-5-11(17(26)27)21-7-8/h1-7H,(H2,20,25)(H,22,23)(H,26,27). The number of nitrogens with one attached hydrogen (secondary N) is 1. The van der Waals surface area contributed by atoms with E-state index in [0.717, 1.165) is 12.1 Å². The Morgan fingerprint density at radius 2 is 1.78 bits per heavy atom. The molecule has 0 unspecified atom stereocenters. The van der Waals surface area contributed by atoms with Crippen molar-refractivity contribution in [3.8, 4) is 11.3 Å². The van der Waals surface area contributed by atoms with E-state index in [4.69, 9.17) is 10.8 Å². The van der Waals surface area contributed by atoms with Crippen LogP contribution in [0.25, 0.3) is 11.3 Å². The summed E-state index contributed by atoms with van der Waals surface area (Å²) >= 11 is 0. The number of pyridine rings is 1. The summed E-state index contributed by atoms with van der Waals surface area (Å²) in [5.41, 5.74) is 4.57. The molecule has 0 fully saturated rings. The normalized spacial score (nSPS) is 10.4. The summed E-state index contributed by atoms with van der Waals surface area (Å²) < 4.78 is 28.0. The number of carbonyl (C=O) groups is 2. The van der Waals surface area contributed by atoms with E-state index >= 15 is 0 Å². The van der Waals surface area contributed by atoms with E-state index in [0.29, 0.717) is 5.69 Å². The second kappa shape index (κ2) is 7.12. The highest BCUT2D eigenvalue weighted by Gasteiger charge is 2.18. The monoisotopic (exact) mass is 371 g/mol. The molecule has 0 saturated heterocycles. The number of nitrogens with two attached hydrogens (primary N) is 1. The molecule has 0 aliphatic rings. The number of carbonyl (C=O) groups excluding carboxylic acids is 1. The second-order valence-corrected chi connectivity index (χ2v) is 5.32. The minimum absolute atomic E-state index is 0.0278. The number of benzene rings is 1. The van der Waals surface area contributed by atoms with Crippen molar-refractivity contribution < 1.29 is 23.5 Å². The summed E-state index contributed by atoms with van der Waals surface area (Å²) in [6, 6.07) is 7.16. The number of amides is 1. The zero-order chi connectivity index (χ0) is 19.6. The maximum atomic E-state index is 14.0. The number of nitrogens with zero attached hydrogens (tertiary/aromatic N) is 3. The Morgan fingerprint density at radius 3 is 2.33 bits per heavy atom. The molecule has 8 nitrogen and oxygen atoms in total. The van der Waals surface area contributed by atoms with Crippen molar-refractivity contribution in [2.24, 2.45) is 5.73 Å². The van der Waals surface area contributed by atoms with Gasteiger partial charge >= 0.3 is 5.97 Å². The molecule has 0 spiro atoms. The Balaban J connectivity index is 2.05. The smallest absolute Gasteiger partial charge is 0.354 e. The van der Waals surface area contributed by atoms with Crippen molar-refractivity contribution in [3.05, 3.63) is 65.6 Å². The summed E-state index contributed by atoms with van der Waals surface area (Å²) in [5, 5.41) is 18.9. The molecular weight excluding hydrogens is 360 g/mol. The van der Waals surface area contributed by atoms with Gasteiger partial charge in [0, 0.05) is 0 Å². The maximum absolute atomic E-state index is 14.0. The molecule has 0 bridgehead atoms. The first-order valence-electron chi connectivity index (χ1n) is 7.45. The van der Waals surface area contributed by atoms with E-state index < -0.39 is 29.1 Å². The van der Waals surface area contributed by atoms with E-state index in [2.05, 4.69) is 20.5 Å². The Hall–Kier alpha value is -3.95. The zero-order valence-corrected chi connectivity index (χ0v) is 13.5. The number of aromatic nitrogens is 3. The van der Waals surface area contributed by atoms with Crippen LogP contribution in [0.1, 0.15) is 21.0 Å². The van der Waals surface area contributed by atoms with Gasteiger partial charge in [0.1, 0.15) is 23.0 Å². The van der Waals surface area contributed by atoms with Gasteiger partial charge in [0.2, 0.25) is 0 Å². The van der Waals surface area contributed by atoms with Gasteiger partial charge in [0.15, 0.2) is 5.69 Å². The van der Waals surface area contributed by atoms with Gasteiger partial charge in [-0.15, -0.1) is 10.2 Å². The van der Waals surface area contributed by atoms with Gasteiger partial charge in [0.25, 0.3) is 5.91 Å². The quantitative estimate of drug-likeness (QED) is 0.627. The molecule has 1 amide bonds. The number of carboxylic acids is 1. The molecule has 3 aromatic rings. The van der Waals surface area contributed by atoms with Crippen molar-refractivity contribution in [1.29, 1.82) is 0 Å². The second-order valence-electron chi connectivity index (χ2n) is 5.32. The molecule has 2 aromatic heterocycles. The fourth-order valence-electron chi connectivity index (χ4n) is 2.28. The molecule has 1 aromatic carbocycles. The minimum atomic E-state index is -1.21. The summed E-state index contributed by atoms with van der Waals surface area (Å²) in [5.74, 6) is -3.83. The fraction of sp³-hybridized carbons (Fsp3) is 0. The highest BCUT2D eigenvalue weighted by atomic mass is 19.1. The van der Waals surface area contributed by atoms with Gasteiger partial charge in [0.05, 0.1) is 23.1 Å². The molecule has 0 radical (unpaired) electrons. The third kappa shape index (κ3) is 3.68. The summed E-state index contributed by atoms with van der Waals surface area (Å²) in [6.45, 7) is 0. The highest BCUT2D eigenvalue weighted by molar-refractivity contribution is 5.97. The Labute approximate surface area is 150 Å². The van der Waals surface area contributed by atoms with E-state index in [1.54, 1.807) is 0 Å². The number of carboxylic acid groups (broad SMARTS) is 1. The van der Waals surface area contributed by atoms with Crippen LogP contribution in [0, 0.1) is 11.6 Å². The van der Waals surface area contributed by atoms with Gasteiger partial charge in [-0.2, -0.15) is 0 Å². The number of halogens is 2. The zero-order valence-electron chi connectivity index (χ0n) is 13.5. The minimum Gasteiger partial charge on any atom is -0.477 e.